The van der Waals surface area contributed by atoms with Gasteiger partial charge in [-0.25, -0.2) is 0 Å². The zero-order valence-corrected chi connectivity index (χ0v) is 15.7. The molecule has 0 aromatic heterocycles. The topological polar surface area (TPSA) is 149 Å². The van der Waals surface area contributed by atoms with E-state index >= 15 is 0 Å². The molecule has 0 saturated heterocycles. The first-order chi connectivity index (χ1) is 12.6. The molecule has 0 heterocycles. The standard InChI is InChI=1S/C19H30O8/c1-11-8-9-12(4-2-6-14(16(20)21)17(22)23)13(10-11)5-3-7-15(18(24)25)19(26)27/h11-15H,2-10H2,1H3,(H,20,21)(H,22,23)(H,24,25)(H,26,27). The van der Waals surface area contributed by atoms with Crippen molar-refractivity contribution in [2.75, 3.05) is 0 Å². The number of hydrogen-bond donors (Lipinski definition) is 4. The van der Waals surface area contributed by atoms with E-state index in [-0.39, 0.29) is 12.8 Å². The lowest BCUT2D eigenvalue weighted by Crippen LogP contribution is -2.27. The molecule has 3 atom stereocenters. The van der Waals surface area contributed by atoms with Crippen molar-refractivity contribution in [1.29, 1.82) is 0 Å². The van der Waals surface area contributed by atoms with Gasteiger partial charge in [0.1, 0.15) is 0 Å². The number of carbonyl (C=O) groups is 4. The van der Waals surface area contributed by atoms with Crippen LogP contribution < -0.4 is 0 Å². The second-order valence-corrected chi connectivity index (χ2v) is 7.76. The van der Waals surface area contributed by atoms with Crippen molar-refractivity contribution in [3.63, 3.8) is 0 Å². The fourth-order valence-electron chi connectivity index (χ4n) is 4.17. The van der Waals surface area contributed by atoms with Crippen LogP contribution in [0.4, 0.5) is 0 Å². The van der Waals surface area contributed by atoms with Crippen LogP contribution in [0.1, 0.15) is 64.7 Å². The molecule has 8 heteroatoms. The minimum absolute atomic E-state index is 0.0996. The van der Waals surface area contributed by atoms with Crippen LogP contribution >= 0.6 is 0 Å². The Morgan fingerprint density at radius 2 is 1.15 bits per heavy atom. The normalized spacial score (nSPS) is 22.7. The van der Waals surface area contributed by atoms with Gasteiger partial charge in [0.15, 0.2) is 11.8 Å². The van der Waals surface area contributed by atoms with E-state index in [9.17, 15) is 19.2 Å². The van der Waals surface area contributed by atoms with Gasteiger partial charge in [-0.2, -0.15) is 0 Å². The Kier molecular flexibility index (Phi) is 9.25. The molecule has 0 spiro atoms. The van der Waals surface area contributed by atoms with Gasteiger partial charge in [-0.1, -0.05) is 39.0 Å². The van der Waals surface area contributed by atoms with Gasteiger partial charge in [0, 0.05) is 0 Å². The molecule has 0 aliphatic heterocycles. The van der Waals surface area contributed by atoms with Gasteiger partial charge in [-0.15, -0.1) is 0 Å². The molecule has 0 radical (unpaired) electrons. The highest BCUT2D eigenvalue weighted by molar-refractivity contribution is 5.93. The third kappa shape index (κ3) is 7.56. The van der Waals surface area contributed by atoms with Crippen LogP contribution in [0.5, 0.6) is 0 Å². The predicted molar refractivity (Wildman–Crippen MR) is 95.2 cm³/mol. The van der Waals surface area contributed by atoms with Gasteiger partial charge < -0.3 is 20.4 Å². The summed E-state index contributed by atoms with van der Waals surface area (Å²) in [5, 5.41) is 35.8. The van der Waals surface area contributed by atoms with E-state index in [0.29, 0.717) is 30.6 Å². The van der Waals surface area contributed by atoms with E-state index in [0.717, 1.165) is 32.1 Å². The summed E-state index contributed by atoms with van der Waals surface area (Å²) in [5.74, 6) is -6.79. The van der Waals surface area contributed by atoms with Crippen molar-refractivity contribution in [2.24, 2.45) is 29.6 Å². The highest BCUT2D eigenvalue weighted by Gasteiger charge is 2.31. The van der Waals surface area contributed by atoms with E-state index in [2.05, 4.69) is 6.92 Å². The molecule has 0 bridgehead atoms. The van der Waals surface area contributed by atoms with E-state index in [1.165, 1.54) is 0 Å². The van der Waals surface area contributed by atoms with Crippen LogP contribution in [-0.2, 0) is 19.2 Å². The van der Waals surface area contributed by atoms with Crippen LogP contribution in [0.15, 0.2) is 0 Å². The fourth-order valence-corrected chi connectivity index (χ4v) is 4.17. The molecule has 0 aromatic rings. The summed E-state index contributed by atoms with van der Waals surface area (Å²) in [7, 11) is 0. The average molecular weight is 386 g/mol. The van der Waals surface area contributed by atoms with Crippen molar-refractivity contribution in [3.8, 4) is 0 Å². The smallest absolute Gasteiger partial charge is 0.317 e. The van der Waals surface area contributed by atoms with Crippen LogP contribution in [0, 0.1) is 29.6 Å². The first kappa shape index (κ1) is 22.9. The SMILES string of the molecule is CC1CCC(CCCC(C(=O)O)C(=O)O)C(CCCC(C(=O)O)C(=O)O)C1. The minimum Gasteiger partial charge on any atom is -0.481 e. The molecule has 1 rings (SSSR count). The highest BCUT2D eigenvalue weighted by atomic mass is 16.4. The van der Waals surface area contributed by atoms with Gasteiger partial charge in [-0.3, -0.25) is 19.2 Å². The highest BCUT2D eigenvalue weighted by Crippen LogP contribution is 2.39. The first-order valence-corrected chi connectivity index (χ1v) is 9.54. The Balaban J connectivity index is 2.54. The first-order valence-electron chi connectivity index (χ1n) is 9.54. The zero-order valence-electron chi connectivity index (χ0n) is 15.7. The summed E-state index contributed by atoms with van der Waals surface area (Å²) in [4.78, 5) is 43.9. The maximum atomic E-state index is 11.0. The second kappa shape index (κ2) is 10.9. The van der Waals surface area contributed by atoms with Gasteiger partial charge in [0.2, 0.25) is 0 Å². The molecule has 1 saturated carbocycles. The lowest BCUT2D eigenvalue weighted by molar-refractivity contribution is -0.156. The van der Waals surface area contributed by atoms with E-state index in [4.69, 9.17) is 20.4 Å². The Labute approximate surface area is 158 Å². The molecular formula is C19H30O8. The quantitative estimate of drug-likeness (QED) is 0.374. The summed E-state index contributed by atoms with van der Waals surface area (Å²) in [6.07, 6.45) is 5.76. The molecule has 1 aliphatic rings. The Morgan fingerprint density at radius 1 is 0.741 bits per heavy atom. The maximum Gasteiger partial charge on any atom is 0.317 e. The summed E-state index contributed by atoms with van der Waals surface area (Å²) in [6, 6.07) is 0. The minimum atomic E-state index is -1.38. The summed E-state index contributed by atoms with van der Waals surface area (Å²) in [5.41, 5.74) is 0. The van der Waals surface area contributed by atoms with Crippen LogP contribution in [0.2, 0.25) is 0 Å². The number of rotatable bonds is 12. The Bertz CT molecular complexity index is 516. The number of aliphatic carboxylic acids is 4. The summed E-state index contributed by atoms with van der Waals surface area (Å²) in [6.45, 7) is 2.16. The molecule has 4 N–H and O–H groups in total. The maximum absolute atomic E-state index is 11.0. The Hall–Kier alpha value is -2.12. The van der Waals surface area contributed by atoms with Gasteiger partial charge in [0.25, 0.3) is 0 Å². The molecule has 1 aliphatic carbocycles. The summed E-state index contributed by atoms with van der Waals surface area (Å²) >= 11 is 0. The van der Waals surface area contributed by atoms with E-state index in [1.807, 2.05) is 0 Å². The van der Waals surface area contributed by atoms with Crippen LogP contribution in [0.3, 0.4) is 0 Å². The Morgan fingerprint density at radius 3 is 1.56 bits per heavy atom. The molecule has 0 aromatic carbocycles. The molecule has 0 amide bonds. The lowest BCUT2D eigenvalue weighted by atomic mass is 9.70. The molecular weight excluding hydrogens is 356 g/mol. The van der Waals surface area contributed by atoms with Crippen molar-refractivity contribution in [3.05, 3.63) is 0 Å². The molecule has 154 valence electrons. The van der Waals surface area contributed by atoms with E-state index in [1.54, 1.807) is 0 Å². The number of carboxylic acids is 4. The number of hydrogen-bond acceptors (Lipinski definition) is 4. The lowest BCUT2D eigenvalue weighted by Gasteiger charge is -2.35. The third-order valence-corrected chi connectivity index (χ3v) is 5.73. The fraction of sp³-hybridized carbons (Fsp3) is 0.789. The van der Waals surface area contributed by atoms with Crippen molar-refractivity contribution < 1.29 is 39.6 Å². The van der Waals surface area contributed by atoms with E-state index < -0.39 is 35.7 Å². The van der Waals surface area contributed by atoms with Crippen molar-refractivity contribution >= 4 is 23.9 Å². The van der Waals surface area contributed by atoms with Crippen LogP contribution in [-0.4, -0.2) is 44.3 Å². The van der Waals surface area contributed by atoms with Crippen LogP contribution in [0.25, 0.3) is 0 Å². The van der Waals surface area contributed by atoms with Gasteiger partial charge >= 0.3 is 23.9 Å². The molecule has 1 fully saturated rings. The zero-order chi connectivity index (χ0) is 20.6. The number of carboxylic acid groups (broad SMARTS) is 4. The van der Waals surface area contributed by atoms with Gasteiger partial charge in [-0.05, 0) is 43.4 Å². The van der Waals surface area contributed by atoms with Crippen molar-refractivity contribution in [2.45, 2.75) is 64.7 Å². The largest absolute Gasteiger partial charge is 0.481 e. The molecule has 27 heavy (non-hydrogen) atoms. The average Bonchev–Trinajstić information content (AvgIpc) is 2.55. The predicted octanol–water partition coefficient (Wildman–Crippen LogP) is 2.95. The third-order valence-electron chi connectivity index (χ3n) is 5.73. The monoisotopic (exact) mass is 386 g/mol. The second-order valence-electron chi connectivity index (χ2n) is 7.76. The summed E-state index contributed by atoms with van der Waals surface area (Å²) < 4.78 is 0. The molecule has 3 unspecified atom stereocenters. The van der Waals surface area contributed by atoms with Crippen molar-refractivity contribution in [1.82, 2.24) is 0 Å². The van der Waals surface area contributed by atoms with Gasteiger partial charge in [0.05, 0.1) is 0 Å². The molecule has 8 nitrogen and oxygen atoms in total.